The molecule has 0 saturated carbocycles. The number of nitrogens with zero attached hydrogens (tertiary/aromatic N) is 1. The summed E-state index contributed by atoms with van der Waals surface area (Å²) in [6.45, 7) is 10.0. The summed E-state index contributed by atoms with van der Waals surface area (Å²) < 4.78 is 5.50. The van der Waals surface area contributed by atoms with E-state index in [1.165, 1.54) is 25.9 Å². The van der Waals surface area contributed by atoms with E-state index in [1.807, 2.05) is 0 Å². The molecule has 3 heteroatoms. The molecule has 16 heavy (non-hydrogen) atoms. The van der Waals surface area contributed by atoms with E-state index in [0.29, 0.717) is 11.5 Å². The van der Waals surface area contributed by atoms with E-state index in [0.717, 1.165) is 25.7 Å². The van der Waals surface area contributed by atoms with Crippen molar-refractivity contribution in [2.45, 2.75) is 32.7 Å². The van der Waals surface area contributed by atoms with Gasteiger partial charge in [-0.15, -0.1) is 0 Å². The summed E-state index contributed by atoms with van der Waals surface area (Å²) in [4.78, 5) is 2.48. The van der Waals surface area contributed by atoms with Gasteiger partial charge >= 0.3 is 0 Å². The number of hydrogen-bond acceptors (Lipinski definition) is 3. The lowest BCUT2D eigenvalue weighted by Gasteiger charge is -2.50. The van der Waals surface area contributed by atoms with Gasteiger partial charge in [-0.05, 0) is 32.4 Å². The molecular weight excluding hydrogens is 200 g/mol. The Labute approximate surface area is 99.5 Å². The molecule has 0 aromatic rings. The van der Waals surface area contributed by atoms with Crippen LogP contribution in [-0.4, -0.2) is 50.8 Å². The van der Waals surface area contributed by atoms with Crippen LogP contribution < -0.4 is 5.32 Å². The summed E-state index contributed by atoms with van der Waals surface area (Å²) in [5.74, 6) is 0.825. The van der Waals surface area contributed by atoms with E-state index in [4.69, 9.17) is 4.74 Å². The van der Waals surface area contributed by atoms with Crippen LogP contribution in [0.5, 0.6) is 0 Å². The van der Waals surface area contributed by atoms with Crippen LogP contribution in [0.1, 0.15) is 26.7 Å². The fraction of sp³-hybridized carbons (Fsp3) is 1.00. The topological polar surface area (TPSA) is 24.5 Å². The van der Waals surface area contributed by atoms with Gasteiger partial charge in [-0.25, -0.2) is 0 Å². The molecule has 1 N–H and O–H groups in total. The quantitative estimate of drug-likeness (QED) is 0.783. The van der Waals surface area contributed by atoms with E-state index in [2.05, 4.69) is 31.1 Å². The number of rotatable bonds is 4. The Kier molecular flexibility index (Phi) is 3.88. The molecule has 0 amide bonds. The van der Waals surface area contributed by atoms with E-state index >= 15 is 0 Å². The molecular formula is C13H26N2O. The molecule has 94 valence electrons. The summed E-state index contributed by atoms with van der Waals surface area (Å²) >= 11 is 0. The monoisotopic (exact) mass is 226 g/mol. The van der Waals surface area contributed by atoms with Gasteiger partial charge in [0.2, 0.25) is 0 Å². The Morgan fingerprint density at radius 1 is 1.44 bits per heavy atom. The first kappa shape index (κ1) is 12.3. The normalized spacial score (nSPS) is 30.4. The lowest BCUT2D eigenvalue weighted by atomic mass is 9.70. The van der Waals surface area contributed by atoms with Crippen LogP contribution in [0.3, 0.4) is 0 Å². The van der Waals surface area contributed by atoms with Crippen molar-refractivity contribution in [3.63, 3.8) is 0 Å². The van der Waals surface area contributed by atoms with Gasteiger partial charge in [-0.2, -0.15) is 0 Å². The molecule has 0 aromatic carbocycles. The molecule has 2 fully saturated rings. The average Bonchev–Trinajstić information content (AvgIpc) is 2.15. The number of nitrogens with one attached hydrogen (secondary N) is 1. The van der Waals surface area contributed by atoms with Crippen molar-refractivity contribution in [1.29, 1.82) is 0 Å². The number of likely N-dealkylation sites (tertiary alicyclic amines) is 1. The van der Waals surface area contributed by atoms with E-state index in [1.54, 1.807) is 0 Å². The van der Waals surface area contributed by atoms with Crippen molar-refractivity contribution < 1.29 is 4.74 Å². The molecule has 2 aliphatic rings. The van der Waals surface area contributed by atoms with Gasteiger partial charge < -0.3 is 15.0 Å². The number of piperidine rings is 1. The van der Waals surface area contributed by atoms with Crippen LogP contribution in [-0.2, 0) is 4.74 Å². The summed E-state index contributed by atoms with van der Waals surface area (Å²) in [7, 11) is 2.25. The molecule has 1 atom stereocenters. The molecule has 0 spiro atoms. The van der Waals surface area contributed by atoms with E-state index < -0.39 is 0 Å². The molecule has 2 rings (SSSR count). The lowest BCUT2D eigenvalue weighted by Crippen LogP contribution is -2.58. The summed E-state index contributed by atoms with van der Waals surface area (Å²) in [6, 6.07) is 0.582. The average molecular weight is 226 g/mol. The Morgan fingerprint density at radius 3 is 2.69 bits per heavy atom. The van der Waals surface area contributed by atoms with Crippen LogP contribution >= 0.6 is 0 Å². The predicted octanol–water partition coefficient (Wildman–Crippen LogP) is 1.34. The van der Waals surface area contributed by atoms with Gasteiger partial charge in [-0.1, -0.05) is 13.8 Å². The van der Waals surface area contributed by atoms with Crippen LogP contribution in [0, 0.1) is 11.3 Å². The minimum Gasteiger partial charge on any atom is -0.380 e. The maximum absolute atomic E-state index is 5.50. The molecule has 1 unspecified atom stereocenters. The van der Waals surface area contributed by atoms with Crippen molar-refractivity contribution in [2.24, 2.45) is 11.3 Å². The number of ether oxygens (including phenoxy) is 1. The summed E-state index contributed by atoms with van der Waals surface area (Å²) in [6.07, 6.45) is 2.73. The maximum Gasteiger partial charge on any atom is 0.0560 e. The van der Waals surface area contributed by atoms with Crippen molar-refractivity contribution >= 4 is 0 Å². The van der Waals surface area contributed by atoms with Crippen LogP contribution in [0.2, 0.25) is 0 Å². The zero-order valence-corrected chi connectivity index (χ0v) is 11.0. The SMILES string of the molecule is CC(C)NCC1(C2CCCN(C)C2)COC1. The first-order chi connectivity index (χ1) is 7.62. The third-order valence-electron chi connectivity index (χ3n) is 4.13. The van der Waals surface area contributed by atoms with Gasteiger partial charge in [0, 0.05) is 24.5 Å². The predicted molar refractivity (Wildman–Crippen MR) is 66.6 cm³/mol. The molecule has 2 saturated heterocycles. The minimum atomic E-state index is 0.430. The third-order valence-corrected chi connectivity index (χ3v) is 4.13. The zero-order chi connectivity index (χ0) is 11.6. The highest BCUT2D eigenvalue weighted by Gasteiger charge is 2.46. The Hall–Kier alpha value is -0.120. The highest BCUT2D eigenvalue weighted by Crippen LogP contribution is 2.40. The standard InChI is InChI=1S/C13H26N2O/c1-11(2)14-8-13(9-16-10-13)12-5-4-6-15(3)7-12/h11-12,14H,4-10H2,1-3H3. The van der Waals surface area contributed by atoms with Gasteiger partial charge in [0.1, 0.15) is 0 Å². The van der Waals surface area contributed by atoms with Gasteiger partial charge in [0.05, 0.1) is 13.2 Å². The minimum absolute atomic E-state index is 0.430. The fourth-order valence-corrected chi connectivity index (χ4v) is 2.92. The first-order valence-corrected chi connectivity index (χ1v) is 6.62. The van der Waals surface area contributed by atoms with Crippen molar-refractivity contribution in [2.75, 3.05) is 39.9 Å². The van der Waals surface area contributed by atoms with E-state index in [-0.39, 0.29) is 0 Å². The second kappa shape index (κ2) is 5.03. The largest absolute Gasteiger partial charge is 0.380 e. The zero-order valence-electron chi connectivity index (χ0n) is 11.0. The molecule has 0 bridgehead atoms. The smallest absolute Gasteiger partial charge is 0.0560 e. The van der Waals surface area contributed by atoms with Crippen LogP contribution in [0.25, 0.3) is 0 Å². The second-order valence-electron chi connectivity index (χ2n) is 5.99. The number of hydrogen-bond donors (Lipinski definition) is 1. The molecule has 3 nitrogen and oxygen atoms in total. The molecule has 0 aromatic heterocycles. The molecule has 2 aliphatic heterocycles. The summed E-state index contributed by atoms with van der Waals surface area (Å²) in [5.41, 5.74) is 0.430. The fourth-order valence-electron chi connectivity index (χ4n) is 2.92. The van der Waals surface area contributed by atoms with Crippen LogP contribution in [0.4, 0.5) is 0 Å². The highest BCUT2D eigenvalue weighted by atomic mass is 16.5. The van der Waals surface area contributed by atoms with Gasteiger partial charge in [-0.3, -0.25) is 0 Å². The molecule has 2 heterocycles. The Bertz CT molecular complexity index is 226. The third kappa shape index (κ3) is 2.58. The van der Waals surface area contributed by atoms with Crippen molar-refractivity contribution in [1.82, 2.24) is 10.2 Å². The second-order valence-corrected chi connectivity index (χ2v) is 5.99. The van der Waals surface area contributed by atoms with Gasteiger partial charge in [0.25, 0.3) is 0 Å². The van der Waals surface area contributed by atoms with Crippen LogP contribution in [0.15, 0.2) is 0 Å². The lowest BCUT2D eigenvalue weighted by molar-refractivity contribution is -0.154. The summed E-state index contributed by atoms with van der Waals surface area (Å²) in [5, 5.41) is 3.60. The van der Waals surface area contributed by atoms with Gasteiger partial charge in [0.15, 0.2) is 0 Å². The highest BCUT2D eigenvalue weighted by molar-refractivity contribution is 4.96. The molecule has 0 aliphatic carbocycles. The maximum atomic E-state index is 5.50. The molecule has 0 radical (unpaired) electrons. The van der Waals surface area contributed by atoms with Crippen molar-refractivity contribution in [3.8, 4) is 0 Å². The Balaban J connectivity index is 1.92. The first-order valence-electron chi connectivity index (χ1n) is 6.62. The van der Waals surface area contributed by atoms with Crippen molar-refractivity contribution in [3.05, 3.63) is 0 Å². The van der Waals surface area contributed by atoms with E-state index in [9.17, 15) is 0 Å². The Morgan fingerprint density at radius 2 is 2.19 bits per heavy atom.